The predicted molar refractivity (Wildman–Crippen MR) is 81.3 cm³/mol. The van der Waals surface area contributed by atoms with Crippen molar-refractivity contribution in [1.29, 1.82) is 0 Å². The summed E-state index contributed by atoms with van der Waals surface area (Å²) in [6.45, 7) is 3.88. The van der Waals surface area contributed by atoms with Gasteiger partial charge in [-0.05, 0) is 37.3 Å². The summed E-state index contributed by atoms with van der Waals surface area (Å²) in [7, 11) is 0. The van der Waals surface area contributed by atoms with Crippen LogP contribution in [0, 0.1) is 5.92 Å². The lowest BCUT2D eigenvalue weighted by molar-refractivity contribution is -0.148. The van der Waals surface area contributed by atoms with E-state index in [4.69, 9.17) is 16.3 Å². The van der Waals surface area contributed by atoms with Crippen LogP contribution in [0.15, 0.2) is 18.3 Å². The van der Waals surface area contributed by atoms with Crippen LogP contribution in [0.2, 0.25) is 5.02 Å². The molecule has 2 fully saturated rings. The van der Waals surface area contributed by atoms with E-state index in [9.17, 15) is 4.79 Å². The summed E-state index contributed by atoms with van der Waals surface area (Å²) in [5.41, 5.74) is 1.12. The Balaban J connectivity index is 1.66. The highest BCUT2D eigenvalue weighted by Gasteiger charge is 2.35. The van der Waals surface area contributed by atoms with Gasteiger partial charge >= 0.3 is 0 Å². The van der Waals surface area contributed by atoms with E-state index in [2.05, 4.69) is 11.9 Å². The van der Waals surface area contributed by atoms with E-state index in [0.29, 0.717) is 29.5 Å². The van der Waals surface area contributed by atoms with Crippen LogP contribution in [0.5, 0.6) is 0 Å². The van der Waals surface area contributed by atoms with Crippen molar-refractivity contribution in [2.75, 3.05) is 19.8 Å². The average Bonchev–Trinajstić information content (AvgIpc) is 2.49. The van der Waals surface area contributed by atoms with Gasteiger partial charge in [-0.1, -0.05) is 18.5 Å². The fourth-order valence-corrected chi connectivity index (χ4v) is 3.73. The second kappa shape index (κ2) is 6.32. The van der Waals surface area contributed by atoms with Gasteiger partial charge in [0, 0.05) is 30.4 Å². The molecule has 0 radical (unpaired) electrons. The molecule has 2 aliphatic rings. The first-order valence-corrected chi connectivity index (χ1v) is 8.01. The van der Waals surface area contributed by atoms with Crippen molar-refractivity contribution in [1.82, 2.24) is 9.88 Å². The molecular weight excluding hydrogens is 288 g/mol. The van der Waals surface area contributed by atoms with E-state index in [0.717, 1.165) is 31.5 Å². The Morgan fingerprint density at radius 3 is 2.90 bits per heavy atom. The number of amides is 1. The molecular formula is C16H21ClN2O2. The number of carbonyl (C=O) groups is 1. The summed E-state index contributed by atoms with van der Waals surface area (Å²) in [5, 5.41) is 0.680. The van der Waals surface area contributed by atoms with Crippen LogP contribution in [-0.4, -0.2) is 41.6 Å². The molecule has 0 spiro atoms. The largest absolute Gasteiger partial charge is 0.370 e. The highest BCUT2D eigenvalue weighted by atomic mass is 35.5. The molecule has 1 amide bonds. The molecule has 4 nitrogen and oxygen atoms in total. The number of nitrogens with zero attached hydrogens (tertiary/aromatic N) is 2. The van der Waals surface area contributed by atoms with Gasteiger partial charge in [0.2, 0.25) is 5.91 Å². The van der Waals surface area contributed by atoms with Crippen molar-refractivity contribution in [3.05, 3.63) is 29.0 Å². The van der Waals surface area contributed by atoms with Crippen LogP contribution >= 0.6 is 11.6 Å². The highest BCUT2D eigenvalue weighted by molar-refractivity contribution is 6.30. The zero-order chi connectivity index (χ0) is 14.8. The van der Waals surface area contributed by atoms with Crippen molar-refractivity contribution in [3.8, 4) is 0 Å². The van der Waals surface area contributed by atoms with Crippen molar-refractivity contribution in [2.24, 2.45) is 5.92 Å². The zero-order valence-corrected chi connectivity index (χ0v) is 13.1. The van der Waals surface area contributed by atoms with E-state index >= 15 is 0 Å². The quantitative estimate of drug-likeness (QED) is 0.843. The lowest BCUT2D eigenvalue weighted by atomic mass is 9.76. The molecule has 1 aromatic heterocycles. The van der Waals surface area contributed by atoms with Gasteiger partial charge in [-0.15, -0.1) is 0 Å². The molecule has 3 unspecified atom stereocenters. The number of ether oxygens (including phenoxy) is 1. The highest BCUT2D eigenvalue weighted by Crippen LogP contribution is 2.38. The Morgan fingerprint density at radius 1 is 1.38 bits per heavy atom. The number of hydrogen-bond donors (Lipinski definition) is 0. The smallest absolute Gasteiger partial charge is 0.248 e. The minimum Gasteiger partial charge on any atom is -0.370 e. The molecule has 1 saturated carbocycles. The Kier molecular flexibility index (Phi) is 4.45. The van der Waals surface area contributed by atoms with Gasteiger partial charge in [0.15, 0.2) is 0 Å². The van der Waals surface area contributed by atoms with Gasteiger partial charge < -0.3 is 9.64 Å². The Bertz CT molecular complexity index is 506. The van der Waals surface area contributed by atoms with Crippen LogP contribution in [0.25, 0.3) is 0 Å². The van der Waals surface area contributed by atoms with Crippen LogP contribution in [0.4, 0.5) is 0 Å². The van der Waals surface area contributed by atoms with E-state index < -0.39 is 0 Å². The maximum Gasteiger partial charge on any atom is 0.248 e. The van der Waals surface area contributed by atoms with Crippen LogP contribution < -0.4 is 0 Å². The molecule has 1 saturated heterocycles. The van der Waals surface area contributed by atoms with Crippen LogP contribution in [-0.2, 0) is 9.53 Å². The van der Waals surface area contributed by atoms with Gasteiger partial charge in [-0.3, -0.25) is 9.78 Å². The summed E-state index contributed by atoms with van der Waals surface area (Å²) >= 11 is 5.90. The molecule has 3 atom stereocenters. The maximum absolute atomic E-state index is 12.0. The minimum atomic E-state index is 0.140. The summed E-state index contributed by atoms with van der Waals surface area (Å²) in [6, 6.07) is 4.29. The summed E-state index contributed by atoms with van der Waals surface area (Å²) < 4.78 is 5.23. The van der Waals surface area contributed by atoms with Crippen molar-refractivity contribution >= 4 is 17.5 Å². The number of pyridine rings is 1. The van der Waals surface area contributed by atoms with Gasteiger partial charge in [-0.25, -0.2) is 0 Å². The molecule has 1 aliphatic heterocycles. The number of hydrogen-bond acceptors (Lipinski definition) is 3. The lowest BCUT2D eigenvalue weighted by Crippen LogP contribution is -2.51. The predicted octanol–water partition coefficient (Wildman–Crippen LogP) is 2.87. The fourth-order valence-electron chi connectivity index (χ4n) is 3.62. The first-order valence-electron chi connectivity index (χ1n) is 7.64. The molecule has 3 rings (SSSR count). The van der Waals surface area contributed by atoms with Crippen molar-refractivity contribution in [2.45, 2.75) is 38.1 Å². The lowest BCUT2D eigenvalue weighted by Gasteiger charge is -2.42. The van der Waals surface area contributed by atoms with Gasteiger partial charge in [0.1, 0.15) is 6.61 Å². The topological polar surface area (TPSA) is 42.4 Å². The molecule has 5 heteroatoms. The SMILES string of the molecule is CC1CC(c2ccc(Cl)cn2)CCC1N1CCOCC1=O. The van der Waals surface area contributed by atoms with E-state index in [1.54, 1.807) is 6.20 Å². The monoisotopic (exact) mass is 308 g/mol. The third-order valence-electron chi connectivity index (χ3n) is 4.72. The van der Waals surface area contributed by atoms with Crippen LogP contribution in [0.1, 0.15) is 37.8 Å². The average molecular weight is 309 g/mol. The number of aromatic nitrogens is 1. The van der Waals surface area contributed by atoms with Crippen molar-refractivity contribution < 1.29 is 9.53 Å². The van der Waals surface area contributed by atoms with Crippen LogP contribution in [0.3, 0.4) is 0 Å². The molecule has 1 aromatic rings. The summed E-state index contributed by atoms with van der Waals surface area (Å²) in [5.74, 6) is 1.11. The Morgan fingerprint density at radius 2 is 2.24 bits per heavy atom. The molecule has 0 N–H and O–H groups in total. The summed E-state index contributed by atoms with van der Waals surface area (Å²) in [4.78, 5) is 18.5. The normalized spacial score (nSPS) is 30.5. The third-order valence-corrected chi connectivity index (χ3v) is 4.94. The Hall–Kier alpha value is -1.13. The van der Waals surface area contributed by atoms with E-state index in [-0.39, 0.29) is 12.5 Å². The minimum absolute atomic E-state index is 0.140. The zero-order valence-electron chi connectivity index (χ0n) is 12.3. The first kappa shape index (κ1) is 14.8. The van der Waals surface area contributed by atoms with E-state index in [1.165, 1.54) is 0 Å². The van der Waals surface area contributed by atoms with Gasteiger partial charge in [0.05, 0.1) is 11.6 Å². The second-order valence-electron chi connectivity index (χ2n) is 6.10. The number of morpholine rings is 1. The van der Waals surface area contributed by atoms with Gasteiger partial charge in [-0.2, -0.15) is 0 Å². The molecule has 2 heterocycles. The second-order valence-corrected chi connectivity index (χ2v) is 6.53. The first-order chi connectivity index (χ1) is 10.1. The van der Waals surface area contributed by atoms with Gasteiger partial charge in [0.25, 0.3) is 0 Å². The van der Waals surface area contributed by atoms with Crippen molar-refractivity contribution in [3.63, 3.8) is 0 Å². The number of carbonyl (C=O) groups excluding carboxylic acids is 1. The van der Waals surface area contributed by atoms with E-state index in [1.807, 2.05) is 17.0 Å². The third kappa shape index (κ3) is 3.22. The standard InChI is InChI=1S/C16H21ClN2O2/c1-11-8-12(14-4-3-13(17)9-18-14)2-5-15(11)19-6-7-21-10-16(19)20/h3-4,9,11-12,15H,2,5-8,10H2,1H3. The number of halogens is 1. The number of rotatable bonds is 2. The molecule has 114 valence electrons. The molecule has 1 aliphatic carbocycles. The fraction of sp³-hybridized carbons (Fsp3) is 0.625. The molecule has 0 aromatic carbocycles. The maximum atomic E-state index is 12.0. The summed E-state index contributed by atoms with van der Waals surface area (Å²) in [6.07, 6.45) is 4.92. The molecule has 0 bridgehead atoms. The Labute approximate surface area is 130 Å². The molecule has 21 heavy (non-hydrogen) atoms.